The van der Waals surface area contributed by atoms with Crippen molar-refractivity contribution in [3.63, 3.8) is 0 Å². The van der Waals surface area contributed by atoms with Crippen LogP contribution in [-0.2, 0) is 4.79 Å². The summed E-state index contributed by atoms with van der Waals surface area (Å²) in [6, 6.07) is 5.40. The molecule has 10 heteroatoms. The Morgan fingerprint density at radius 2 is 2.00 bits per heavy atom. The van der Waals surface area contributed by atoms with E-state index in [4.69, 9.17) is 9.47 Å². The molecule has 2 aromatic heterocycles. The first kappa shape index (κ1) is 18.4. The number of rotatable bonds is 5. The van der Waals surface area contributed by atoms with E-state index in [0.29, 0.717) is 36.0 Å². The van der Waals surface area contributed by atoms with Gasteiger partial charge in [0.25, 0.3) is 0 Å². The maximum absolute atomic E-state index is 12.4. The van der Waals surface area contributed by atoms with Gasteiger partial charge in [0, 0.05) is 24.8 Å². The topological polar surface area (TPSA) is 89.5 Å². The molecule has 5 rings (SSSR count). The van der Waals surface area contributed by atoms with Gasteiger partial charge in [-0.05, 0) is 25.0 Å². The quantitative estimate of drug-likeness (QED) is 0.489. The molecule has 1 aromatic carbocycles. The Labute approximate surface area is 175 Å². The molecule has 0 aliphatic carbocycles. The molecule has 0 bridgehead atoms. The molecule has 0 saturated carbocycles. The van der Waals surface area contributed by atoms with E-state index < -0.39 is 0 Å². The van der Waals surface area contributed by atoms with Crippen LogP contribution in [0.3, 0.4) is 0 Å². The molecule has 0 radical (unpaired) electrons. The van der Waals surface area contributed by atoms with Crippen LogP contribution >= 0.6 is 23.1 Å². The van der Waals surface area contributed by atoms with E-state index in [9.17, 15) is 4.79 Å². The van der Waals surface area contributed by atoms with E-state index in [2.05, 4.69) is 25.2 Å². The number of carbonyl (C=O) groups is 1. The van der Waals surface area contributed by atoms with Gasteiger partial charge in [-0.25, -0.2) is 9.97 Å². The fourth-order valence-electron chi connectivity index (χ4n) is 3.32. The molecule has 0 unspecified atom stereocenters. The van der Waals surface area contributed by atoms with Crippen LogP contribution in [0.15, 0.2) is 29.6 Å². The van der Waals surface area contributed by atoms with Crippen LogP contribution in [0, 0.1) is 0 Å². The molecule has 0 spiro atoms. The Hall–Kier alpha value is -2.59. The van der Waals surface area contributed by atoms with Crippen LogP contribution in [-0.4, -0.2) is 52.9 Å². The number of amides is 1. The Bertz CT molecular complexity index is 1050. The average Bonchev–Trinajstić information content (AvgIpc) is 3.42. The predicted octanol–water partition coefficient (Wildman–Crippen LogP) is 3.19. The van der Waals surface area contributed by atoms with Gasteiger partial charge in [-0.3, -0.25) is 4.79 Å². The first-order valence-corrected chi connectivity index (χ1v) is 11.3. The van der Waals surface area contributed by atoms with Crippen molar-refractivity contribution in [2.45, 2.75) is 17.9 Å². The lowest BCUT2D eigenvalue weighted by Crippen LogP contribution is -2.17. The Morgan fingerprint density at radius 3 is 2.86 bits per heavy atom. The van der Waals surface area contributed by atoms with Crippen molar-refractivity contribution in [2.75, 3.05) is 42.3 Å². The van der Waals surface area contributed by atoms with Crippen LogP contribution in [0.4, 0.5) is 10.8 Å². The first-order valence-electron chi connectivity index (χ1n) is 9.45. The lowest BCUT2D eigenvalue weighted by molar-refractivity contribution is -0.113. The number of nitrogens with one attached hydrogen (secondary N) is 1. The summed E-state index contributed by atoms with van der Waals surface area (Å²) in [5, 5.41) is 4.68. The van der Waals surface area contributed by atoms with E-state index in [-0.39, 0.29) is 11.7 Å². The third-order valence-corrected chi connectivity index (χ3v) is 6.92. The van der Waals surface area contributed by atoms with Crippen molar-refractivity contribution in [3.05, 3.63) is 24.5 Å². The third-order valence-electron chi connectivity index (χ3n) is 4.69. The highest BCUT2D eigenvalue weighted by molar-refractivity contribution is 8.00. The fraction of sp³-hybridized carbons (Fsp3) is 0.368. The molecule has 1 saturated heterocycles. The molecule has 8 nitrogen and oxygen atoms in total. The Balaban J connectivity index is 1.26. The predicted molar refractivity (Wildman–Crippen MR) is 113 cm³/mol. The number of ether oxygens (including phenoxy) is 2. The number of thiazole rings is 1. The van der Waals surface area contributed by atoms with E-state index in [0.717, 1.165) is 27.9 Å². The molecule has 2 aliphatic heterocycles. The second kappa shape index (κ2) is 8.03. The van der Waals surface area contributed by atoms with E-state index in [1.807, 2.05) is 12.1 Å². The number of aromatic nitrogens is 3. The molecular weight excluding hydrogens is 410 g/mol. The van der Waals surface area contributed by atoms with Crippen LogP contribution in [0.1, 0.15) is 12.8 Å². The number of hydrogen-bond acceptors (Lipinski definition) is 9. The molecule has 2 aliphatic rings. The van der Waals surface area contributed by atoms with Gasteiger partial charge in [0.15, 0.2) is 22.3 Å². The van der Waals surface area contributed by atoms with Crippen LogP contribution in [0.2, 0.25) is 0 Å². The van der Waals surface area contributed by atoms with Gasteiger partial charge in [0.1, 0.15) is 29.3 Å². The normalized spacial score (nSPS) is 15.7. The minimum Gasteiger partial charge on any atom is -0.486 e. The minimum absolute atomic E-state index is 0.109. The van der Waals surface area contributed by atoms with Gasteiger partial charge in [-0.15, -0.1) is 0 Å². The smallest absolute Gasteiger partial charge is 0.234 e. The summed E-state index contributed by atoms with van der Waals surface area (Å²) in [5.41, 5.74) is 1.38. The number of fused-ring (bicyclic) bond motifs is 2. The monoisotopic (exact) mass is 429 g/mol. The number of anilines is 2. The summed E-state index contributed by atoms with van der Waals surface area (Å²) in [6.07, 6.45) is 3.91. The first-order chi connectivity index (χ1) is 14.3. The van der Waals surface area contributed by atoms with Crippen molar-refractivity contribution in [1.29, 1.82) is 0 Å². The van der Waals surface area contributed by atoms with Crippen molar-refractivity contribution in [2.24, 2.45) is 0 Å². The van der Waals surface area contributed by atoms with Gasteiger partial charge in [0.2, 0.25) is 5.91 Å². The van der Waals surface area contributed by atoms with Crippen molar-refractivity contribution < 1.29 is 14.3 Å². The number of hydrogen-bond donors (Lipinski definition) is 1. The molecule has 1 N–H and O–H groups in total. The lowest BCUT2D eigenvalue weighted by atomic mass is 10.2. The Morgan fingerprint density at radius 1 is 1.17 bits per heavy atom. The minimum atomic E-state index is -0.109. The molecule has 1 fully saturated rings. The van der Waals surface area contributed by atoms with Gasteiger partial charge in [0.05, 0.1) is 5.75 Å². The number of benzene rings is 1. The molecule has 0 atom stereocenters. The number of thioether (sulfide) groups is 1. The second-order valence-corrected chi connectivity index (χ2v) is 8.66. The highest BCUT2D eigenvalue weighted by atomic mass is 32.2. The van der Waals surface area contributed by atoms with Crippen molar-refractivity contribution >= 4 is 50.2 Å². The molecule has 150 valence electrons. The average molecular weight is 430 g/mol. The molecule has 1 amide bonds. The van der Waals surface area contributed by atoms with Crippen LogP contribution < -0.4 is 19.7 Å². The summed E-state index contributed by atoms with van der Waals surface area (Å²) in [5.74, 6) is 1.49. The molecule has 29 heavy (non-hydrogen) atoms. The van der Waals surface area contributed by atoms with Crippen molar-refractivity contribution in [3.8, 4) is 11.5 Å². The molecular formula is C19H19N5O3S2. The molecule has 4 heterocycles. The SMILES string of the molecule is O=C(CSc1ncnc2nc(N3CCCC3)sc12)Nc1ccc2c(c1)OCCO2. The summed E-state index contributed by atoms with van der Waals surface area (Å²) >= 11 is 2.99. The van der Waals surface area contributed by atoms with Gasteiger partial charge >= 0.3 is 0 Å². The van der Waals surface area contributed by atoms with Gasteiger partial charge in [-0.1, -0.05) is 23.1 Å². The molecule has 3 aromatic rings. The maximum Gasteiger partial charge on any atom is 0.234 e. The summed E-state index contributed by atoms with van der Waals surface area (Å²) < 4.78 is 12.0. The third kappa shape index (κ3) is 3.95. The standard InChI is InChI=1S/C19H19N5O3S2/c25-15(22-12-3-4-13-14(9-12)27-8-7-26-13)10-28-18-16-17(20-11-21-18)23-19(29-16)24-5-1-2-6-24/h3-4,9,11H,1-2,5-8,10H2,(H,22,25). The van der Waals surface area contributed by atoms with Crippen LogP contribution in [0.25, 0.3) is 10.3 Å². The highest BCUT2D eigenvalue weighted by Crippen LogP contribution is 2.35. The second-order valence-electron chi connectivity index (χ2n) is 6.72. The van der Waals surface area contributed by atoms with Gasteiger partial charge in [-0.2, -0.15) is 4.98 Å². The summed E-state index contributed by atoms with van der Waals surface area (Å²) in [4.78, 5) is 28.0. The number of nitrogens with zero attached hydrogens (tertiary/aromatic N) is 4. The van der Waals surface area contributed by atoms with Crippen molar-refractivity contribution in [1.82, 2.24) is 15.0 Å². The van der Waals surface area contributed by atoms with E-state index in [1.165, 1.54) is 30.9 Å². The van der Waals surface area contributed by atoms with E-state index in [1.54, 1.807) is 17.4 Å². The summed E-state index contributed by atoms with van der Waals surface area (Å²) in [6.45, 7) is 3.12. The highest BCUT2D eigenvalue weighted by Gasteiger charge is 2.19. The fourth-order valence-corrected chi connectivity index (χ4v) is 5.26. The maximum atomic E-state index is 12.4. The lowest BCUT2D eigenvalue weighted by Gasteiger charge is -2.18. The Kier molecular flexibility index (Phi) is 5.11. The zero-order chi connectivity index (χ0) is 19.6. The number of carbonyl (C=O) groups excluding carboxylic acids is 1. The zero-order valence-corrected chi connectivity index (χ0v) is 17.2. The largest absolute Gasteiger partial charge is 0.486 e. The summed E-state index contributed by atoms with van der Waals surface area (Å²) in [7, 11) is 0. The zero-order valence-electron chi connectivity index (χ0n) is 15.6. The van der Waals surface area contributed by atoms with Gasteiger partial charge < -0.3 is 19.7 Å². The van der Waals surface area contributed by atoms with E-state index >= 15 is 0 Å². The van der Waals surface area contributed by atoms with Crippen LogP contribution in [0.5, 0.6) is 11.5 Å².